The molecule has 3 rings (SSSR count). The highest BCUT2D eigenvalue weighted by Crippen LogP contribution is 2.37. The van der Waals surface area contributed by atoms with Crippen molar-refractivity contribution in [2.75, 3.05) is 13.7 Å². The van der Waals surface area contributed by atoms with Crippen LogP contribution in [-0.2, 0) is 22.7 Å². The number of alkyl halides is 3. The number of rotatable bonds is 2. The van der Waals surface area contributed by atoms with Crippen LogP contribution in [0.3, 0.4) is 0 Å². The van der Waals surface area contributed by atoms with Gasteiger partial charge in [0.1, 0.15) is 17.0 Å². The molecule has 0 aromatic carbocycles. The summed E-state index contributed by atoms with van der Waals surface area (Å²) in [6, 6.07) is 0. The molecule has 1 unspecified atom stereocenters. The maximum atomic E-state index is 13.1. The molecular weight excluding hydrogens is 325 g/mol. The van der Waals surface area contributed by atoms with Gasteiger partial charge in [-0.25, -0.2) is 4.99 Å². The van der Waals surface area contributed by atoms with Crippen LogP contribution in [0.25, 0.3) is 0 Å². The summed E-state index contributed by atoms with van der Waals surface area (Å²) in [5.74, 6) is -1.81. The van der Waals surface area contributed by atoms with Crippen molar-refractivity contribution in [1.82, 2.24) is 20.4 Å². The lowest BCUT2D eigenvalue weighted by Crippen LogP contribution is -2.55. The number of nitrogens with one attached hydrogen (secondary N) is 2. The Hall–Kier alpha value is -2.07. The second-order valence-corrected chi connectivity index (χ2v) is 6.17. The van der Waals surface area contributed by atoms with Crippen LogP contribution in [0.5, 0.6) is 0 Å². The predicted octanol–water partition coefficient (Wildman–Crippen LogP) is 0.885. The summed E-state index contributed by atoms with van der Waals surface area (Å²) in [4.78, 5) is 3.94. The fourth-order valence-corrected chi connectivity index (χ4v) is 2.99. The smallest absolute Gasteiger partial charge is 0.374 e. The Morgan fingerprint density at radius 2 is 2.12 bits per heavy atom. The number of halogens is 3. The van der Waals surface area contributed by atoms with Crippen molar-refractivity contribution >= 4 is 6.21 Å². The summed E-state index contributed by atoms with van der Waals surface area (Å²) >= 11 is 0. The zero-order valence-electron chi connectivity index (χ0n) is 13.5. The lowest BCUT2D eigenvalue weighted by atomic mass is 9.95. The van der Waals surface area contributed by atoms with Crippen molar-refractivity contribution in [2.45, 2.75) is 38.0 Å². The van der Waals surface area contributed by atoms with Gasteiger partial charge >= 0.3 is 6.18 Å². The zero-order valence-corrected chi connectivity index (χ0v) is 13.5. The van der Waals surface area contributed by atoms with E-state index < -0.39 is 23.1 Å². The lowest BCUT2D eigenvalue weighted by Gasteiger charge is -2.37. The molecule has 0 amide bonds. The van der Waals surface area contributed by atoms with E-state index in [1.54, 1.807) is 4.68 Å². The molecular formula is C14H19F3N6O. The number of aliphatic imine (C=N–C) groups is 1. The van der Waals surface area contributed by atoms with Gasteiger partial charge in [-0.3, -0.25) is 10.4 Å². The molecule has 0 radical (unpaired) electrons. The Morgan fingerprint density at radius 3 is 2.75 bits per heavy atom. The first-order chi connectivity index (χ1) is 11.1. The molecule has 0 fully saturated rings. The molecule has 3 heterocycles. The minimum Gasteiger partial charge on any atom is -0.374 e. The van der Waals surface area contributed by atoms with E-state index in [2.05, 4.69) is 20.7 Å². The quantitative estimate of drug-likeness (QED) is 0.741. The number of nitrogens with two attached hydrogens (primary N) is 1. The highest BCUT2D eigenvalue weighted by molar-refractivity contribution is 5.82. The molecule has 2 aliphatic heterocycles. The van der Waals surface area contributed by atoms with Crippen LogP contribution in [0.2, 0.25) is 0 Å². The number of hydrogen-bond donors (Lipinski definition) is 3. The topological polar surface area (TPSA) is 89.5 Å². The van der Waals surface area contributed by atoms with Crippen LogP contribution in [0.1, 0.15) is 25.1 Å². The van der Waals surface area contributed by atoms with E-state index in [-0.39, 0.29) is 5.82 Å². The largest absolute Gasteiger partial charge is 0.421 e. The third kappa shape index (κ3) is 2.55. The third-order valence-electron chi connectivity index (χ3n) is 4.12. The minimum absolute atomic E-state index is 0.241. The molecule has 7 nitrogen and oxygen atoms in total. The minimum atomic E-state index is -4.54. The van der Waals surface area contributed by atoms with E-state index in [1.165, 1.54) is 13.2 Å². The molecule has 132 valence electrons. The van der Waals surface area contributed by atoms with E-state index in [9.17, 15) is 13.2 Å². The summed E-state index contributed by atoms with van der Waals surface area (Å²) in [5, 5.41) is 9.42. The second-order valence-electron chi connectivity index (χ2n) is 6.17. The standard InChI is InChI=1S/C14H19F3N6O/c1-12(2)10-8(7-21-23(10)4-5-24-12)14(18)20-6-9(13(15,16)17)11(19-3)22-14/h6-7,19,22H,4-5,18H2,1-3H3. The first-order valence-corrected chi connectivity index (χ1v) is 7.41. The maximum Gasteiger partial charge on any atom is 0.421 e. The molecule has 0 bridgehead atoms. The van der Waals surface area contributed by atoms with Gasteiger partial charge < -0.3 is 15.4 Å². The molecule has 1 atom stereocenters. The molecule has 0 aliphatic carbocycles. The van der Waals surface area contributed by atoms with E-state index in [4.69, 9.17) is 10.5 Å². The fourth-order valence-electron chi connectivity index (χ4n) is 2.99. The van der Waals surface area contributed by atoms with Crippen molar-refractivity contribution in [2.24, 2.45) is 10.7 Å². The van der Waals surface area contributed by atoms with Crippen molar-refractivity contribution in [3.63, 3.8) is 0 Å². The average molecular weight is 344 g/mol. The summed E-state index contributed by atoms with van der Waals surface area (Å²) in [6.45, 7) is 4.75. The maximum absolute atomic E-state index is 13.1. The lowest BCUT2D eigenvalue weighted by molar-refractivity contribution is -0.0876. The van der Waals surface area contributed by atoms with E-state index >= 15 is 0 Å². The van der Waals surface area contributed by atoms with Gasteiger partial charge in [0.05, 0.1) is 30.6 Å². The van der Waals surface area contributed by atoms with E-state index in [0.717, 1.165) is 6.21 Å². The summed E-state index contributed by atoms with van der Waals surface area (Å²) < 4.78 is 46.7. The van der Waals surface area contributed by atoms with Gasteiger partial charge in [0, 0.05) is 13.3 Å². The molecule has 0 saturated heterocycles. The van der Waals surface area contributed by atoms with Crippen molar-refractivity contribution < 1.29 is 17.9 Å². The van der Waals surface area contributed by atoms with Crippen LogP contribution in [0, 0.1) is 0 Å². The fraction of sp³-hybridized carbons (Fsp3) is 0.571. The Balaban J connectivity index is 2.06. The van der Waals surface area contributed by atoms with Gasteiger partial charge in [-0.1, -0.05) is 0 Å². The summed E-state index contributed by atoms with van der Waals surface area (Å²) in [5.41, 5.74) is 5.85. The monoisotopic (exact) mass is 344 g/mol. The van der Waals surface area contributed by atoms with Gasteiger partial charge in [-0.2, -0.15) is 18.3 Å². The molecule has 1 aromatic heterocycles. The van der Waals surface area contributed by atoms with Crippen molar-refractivity contribution in [1.29, 1.82) is 0 Å². The van der Waals surface area contributed by atoms with Gasteiger partial charge in [0.2, 0.25) is 5.79 Å². The number of fused-ring (bicyclic) bond motifs is 1. The Morgan fingerprint density at radius 1 is 1.42 bits per heavy atom. The summed E-state index contributed by atoms with van der Waals surface area (Å²) in [6.07, 6.45) is -2.29. The van der Waals surface area contributed by atoms with Gasteiger partial charge in [-0.15, -0.1) is 0 Å². The average Bonchev–Trinajstić information content (AvgIpc) is 2.92. The van der Waals surface area contributed by atoms with Crippen molar-refractivity contribution in [3.8, 4) is 0 Å². The molecule has 2 aliphatic rings. The first kappa shape index (κ1) is 16.8. The van der Waals surface area contributed by atoms with Crippen LogP contribution in [0.4, 0.5) is 13.2 Å². The van der Waals surface area contributed by atoms with Crippen LogP contribution < -0.4 is 16.4 Å². The first-order valence-electron chi connectivity index (χ1n) is 7.41. The van der Waals surface area contributed by atoms with E-state index in [0.29, 0.717) is 24.4 Å². The normalized spacial score (nSPS) is 26.1. The Kier molecular flexibility index (Phi) is 3.64. The van der Waals surface area contributed by atoms with Crippen LogP contribution in [0.15, 0.2) is 22.6 Å². The predicted molar refractivity (Wildman–Crippen MR) is 80.8 cm³/mol. The number of hydrogen-bond acceptors (Lipinski definition) is 6. The SMILES string of the molecule is CNC1=C(C(F)(F)F)C=NC(N)(c2cnn3c2C(C)(C)OCC3)N1. The number of allylic oxidation sites excluding steroid dienone is 1. The molecule has 10 heteroatoms. The van der Waals surface area contributed by atoms with Gasteiger partial charge in [0.15, 0.2) is 0 Å². The van der Waals surface area contributed by atoms with Crippen LogP contribution >= 0.6 is 0 Å². The van der Waals surface area contributed by atoms with Gasteiger partial charge in [0.25, 0.3) is 0 Å². The summed E-state index contributed by atoms with van der Waals surface area (Å²) in [7, 11) is 1.38. The molecule has 1 aromatic rings. The molecule has 24 heavy (non-hydrogen) atoms. The van der Waals surface area contributed by atoms with Gasteiger partial charge in [-0.05, 0) is 13.8 Å². The molecule has 0 saturated carbocycles. The Bertz CT molecular complexity index is 721. The third-order valence-corrected chi connectivity index (χ3v) is 4.12. The van der Waals surface area contributed by atoms with Crippen molar-refractivity contribution in [3.05, 3.63) is 28.8 Å². The highest BCUT2D eigenvalue weighted by atomic mass is 19.4. The van der Waals surface area contributed by atoms with Crippen LogP contribution in [-0.4, -0.2) is 35.8 Å². The number of nitrogens with zero attached hydrogens (tertiary/aromatic N) is 3. The number of aromatic nitrogens is 2. The Labute approximate surface area is 136 Å². The molecule has 0 spiro atoms. The van der Waals surface area contributed by atoms with E-state index in [1.807, 2.05) is 13.8 Å². The second kappa shape index (κ2) is 5.21. The highest BCUT2D eigenvalue weighted by Gasteiger charge is 2.45. The zero-order chi connectivity index (χ0) is 17.8. The number of ether oxygens (including phenoxy) is 1. The molecule has 4 N–H and O–H groups in total.